The van der Waals surface area contributed by atoms with E-state index in [-0.39, 0.29) is 18.3 Å². The van der Waals surface area contributed by atoms with Gasteiger partial charge in [0.1, 0.15) is 6.61 Å². The number of carbonyl (C=O) groups excluding carboxylic acids is 1. The van der Waals surface area contributed by atoms with Crippen LogP contribution in [-0.4, -0.2) is 52.0 Å². The summed E-state index contributed by atoms with van der Waals surface area (Å²) in [5.41, 5.74) is 3.89. The van der Waals surface area contributed by atoms with E-state index in [0.717, 1.165) is 22.3 Å². The van der Waals surface area contributed by atoms with E-state index in [2.05, 4.69) is 0 Å². The minimum absolute atomic E-state index is 0.110. The van der Waals surface area contributed by atoms with Crippen LogP contribution in [0.15, 0.2) is 48.5 Å². The van der Waals surface area contributed by atoms with Gasteiger partial charge in [-0.15, -0.1) is 11.8 Å². The lowest BCUT2D eigenvalue weighted by atomic mass is 9.98. The molecular weight excluding hydrogens is 419 g/mol. The van der Waals surface area contributed by atoms with Gasteiger partial charge in [-0.2, -0.15) is 13.2 Å². The number of carboxylic acids is 1. The van der Waals surface area contributed by atoms with Crippen molar-refractivity contribution in [1.82, 2.24) is 4.90 Å². The third-order valence-corrected chi connectivity index (χ3v) is 6.72. The predicted octanol–water partition coefficient (Wildman–Crippen LogP) is 4.72. The highest BCUT2D eigenvalue weighted by molar-refractivity contribution is 8.00. The van der Waals surface area contributed by atoms with Crippen LogP contribution in [0.1, 0.15) is 23.5 Å². The minimum Gasteiger partial charge on any atom is -0.481 e. The molecule has 2 aliphatic rings. The van der Waals surface area contributed by atoms with Gasteiger partial charge in [0.15, 0.2) is 5.37 Å². The van der Waals surface area contributed by atoms with Crippen LogP contribution in [0.3, 0.4) is 0 Å². The van der Waals surface area contributed by atoms with Crippen LogP contribution >= 0.6 is 11.8 Å². The fourth-order valence-corrected chi connectivity index (χ4v) is 5.37. The molecule has 9 heteroatoms. The molecule has 0 aromatic heterocycles. The highest BCUT2D eigenvalue weighted by Crippen LogP contribution is 2.45. The smallest absolute Gasteiger partial charge is 0.418 e. The van der Waals surface area contributed by atoms with E-state index in [1.807, 2.05) is 48.5 Å². The Labute approximate surface area is 174 Å². The molecule has 1 unspecified atom stereocenters. The van der Waals surface area contributed by atoms with Crippen molar-refractivity contribution in [3.8, 4) is 11.1 Å². The summed E-state index contributed by atoms with van der Waals surface area (Å²) < 4.78 is 45.5. The minimum atomic E-state index is -4.68. The molecule has 0 spiro atoms. The molecule has 0 saturated carbocycles. The van der Waals surface area contributed by atoms with Gasteiger partial charge >= 0.3 is 18.2 Å². The molecule has 2 atom stereocenters. The van der Waals surface area contributed by atoms with E-state index in [9.17, 15) is 22.8 Å². The van der Waals surface area contributed by atoms with Crippen LogP contribution in [0, 0.1) is 0 Å². The van der Waals surface area contributed by atoms with Crippen LogP contribution < -0.4 is 0 Å². The molecule has 5 nitrogen and oxygen atoms in total. The molecule has 2 aromatic carbocycles. The van der Waals surface area contributed by atoms with Crippen LogP contribution in [0.4, 0.5) is 18.0 Å². The standard InChI is InChI=1S/C21H18F3NO4S/c22-21(23,24)19-25(12(11-30-19)9-18(26)27)20(28)29-10-17-15-7-3-1-5-13(15)14-6-2-4-8-16(14)17/h1-8,12,17,19H,9-11H2,(H,26,27)/t12?,19-/m0/s1. The Morgan fingerprint density at radius 1 is 1.07 bits per heavy atom. The summed E-state index contributed by atoms with van der Waals surface area (Å²) >= 11 is 0.508. The number of halogens is 3. The monoisotopic (exact) mass is 437 g/mol. The Kier molecular flexibility index (Phi) is 5.40. The van der Waals surface area contributed by atoms with Crippen molar-refractivity contribution in [2.24, 2.45) is 0 Å². The first-order valence-electron chi connectivity index (χ1n) is 9.31. The number of fused-ring (bicyclic) bond motifs is 3. The number of thioether (sulfide) groups is 1. The average Bonchev–Trinajstić information content (AvgIpc) is 3.25. The highest BCUT2D eigenvalue weighted by Gasteiger charge is 2.53. The van der Waals surface area contributed by atoms with Crippen LogP contribution in [0.25, 0.3) is 11.1 Å². The zero-order valence-electron chi connectivity index (χ0n) is 15.6. The lowest BCUT2D eigenvalue weighted by molar-refractivity contribution is -0.157. The summed E-state index contributed by atoms with van der Waals surface area (Å²) in [6, 6.07) is 14.2. The Morgan fingerprint density at radius 2 is 1.63 bits per heavy atom. The number of hydrogen-bond donors (Lipinski definition) is 1. The molecule has 1 saturated heterocycles. The normalized spacial score (nSPS) is 20.7. The Morgan fingerprint density at radius 3 is 2.17 bits per heavy atom. The molecule has 1 aliphatic heterocycles. The molecule has 1 N–H and O–H groups in total. The number of carbonyl (C=O) groups is 2. The zero-order chi connectivity index (χ0) is 21.5. The van der Waals surface area contributed by atoms with Gasteiger partial charge in [-0.25, -0.2) is 4.79 Å². The summed E-state index contributed by atoms with van der Waals surface area (Å²) in [5, 5.41) is 6.90. The number of aliphatic carboxylic acids is 1. The van der Waals surface area contributed by atoms with Gasteiger partial charge in [0.25, 0.3) is 0 Å². The molecule has 158 valence electrons. The summed E-state index contributed by atoms with van der Waals surface area (Å²) in [4.78, 5) is 24.3. The third-order valence-electron chi connectivity index (χ3n) is 5.33. The van der Waals surface area contributed by atoms with Crippen molar-refractivity contribution < 1.29 is 32.6 Å². The fraction of sp³-hybridized carbons (Fsp3) is 0.333. The van der Waals surface area contributed by atoms with Crippen molar-refractivity contribution in [1.29, 1.82) is 0 Å². The Hall–Kier alpha value is -2.68. The summed E-state index contributed by atoms with van der Waals surface area (Å²) in [6.07, 6.45) is -6.39. The van der Waals surface area contributed by atoms with E-state index < -0.39 is 36.1 Å². The summed E-state index contributed by atoms with van der Waals surface area (Å²) in [7, 11) is 0. The summed E-state index contributed by atoms with van der Waals surface area (Å²) in [6.45, 7) is -0.127. The van der Waals surface area contributed by atoms with Gasteiger partial charge < -0.3 is 9.84 Å². The van der Waals surface area contributed by atoms with E-state index in [1.165, 1.54) is 0 Å². The van der Waals surface area contributed by atoms with Gasteiger partial charge in [0.05, 0.1) is 12.5 Å². The number of nitrogens with zero attached hydrogens (tertiary/aromatic N) is 1. The number of hydrogen-bond acceptors (Lipinski definition) is 4. The second-order valence-corrected chi connectivity index (χ2v) is 8.30. The Balaban J connectivity index is 1.55. The van der Waals surface area contributed by atoms with Gasteiger partial charge in [-0.1, -0.05) is 48.5 Å². The number of carboxylic acid groups (broad SMARTS) is 1. The lowest BCUT2D eigenvalue weighted by Crippen LogP contribution is -2.48. The maximum atomic E-state index is 13.4. The van der Waals surface area contributed by atoms with Gasteiger partial charge in [0, 0.05) is 11.7 Å². The predicted molar refractivity (Wildman–Crippen MR) is 105 cm³/mol. The third kappa shape index (κ3) is 3.74. The van der Waals surface area contributed by atoms with Crippen molar-refractivity contribution in [3.63, 3.8) is 0 Å². The second-order valence-electron chi connectivity index (χ2n) is 7.19. The SMILES string of the molecule is O=C(O)CC1CS[C@@H](C(F)(F)F)N1C(=O)OCC1c2ccccc2-c2ccccc21. The van der Waals surface area contributed by atoms with E-state index in [0.29, 0.717) is 16.7 Å². The van der Waals surface area contributed by atoms with Crippen molar-refractivity contribution in [3.05, 3.63) is 59.7 Å². The van der Waals surface area contributed by atoms with Crippen molar-refractivity contribution in [2.75, 3.05) is 12.4 Å². The molecule has 30 heavy (non-hydrogen) atoms. The molecule has 1 heterocycles. The fourth-order valence-electron chi connectivity index (χ4n) is 4.08. The highest BCUT2D eigenvalue weighted by atomic mass is 32.2. The number of benzene rings is 2. The molecule has 0 bridgehead atoms. The van der Waals surface area contributed by atoms with Gasteiger partial charge in [-0.3, -0.25) is 9.69 Å². The molecule has 1 fully saturated rings. The first-order chi connectivity index (χ1) is 14.3. The van der Waals surface area contributed by atoms with Gasteiger partial charge in [-0.05, 0) is 22.3 Å². The van der Waals surface area contributed by atoms with Crippen molar-refractivity contribution in [2.45, 2.75) is 29.9 Å². The van der Waals surface area contributed by atoms with E-state index in [4.69, 9.17) is 9.84 Å². The number of rotatable bonds is 4. The number of ether oxygens (including phenoxy) is 1. The molecule has 1 aliphatic carbocycles. The second kappa shape index (κ2) is 7.86. The van der Waals surface area contributed by atoms with Crippen LogP contribution in [0.2, 0.25) is 0 Å². The first-order valence-corrected chi connectivity index (χ1v) is 10.4. The molecule has 2 aromatic rings. The quantitative estimate of drug-likeness (QED) is 0.750. The van der Waals surface area contributed by atoms with Crippen LogP contribution in [0.5, 0.6) is 0 Å². The average molecular weight is 437 g/mol. The first kappa shape index (κ1) is 20.6. The molecule has 0 radical (unpaired) electrons. The van der Waals surface area contributed by atoms with Crippen LogP contribution in [-0.2, 0) is 9.53 Å². The molecule has 1 amide bonds. The topological polar surface area (TPSA) is 66.8 Å². The molecule has 4 rings (SSSR count). The summed E-state index contributed by atoms with van der Waals surface area (Å²) in [5.74, 6) is -1.67. The van der Waals surface area contributed by atoms with Crippen molar-refractivity contribution >= 4 is 23.8 Å². The maximum absolute atomic E-state index is 13.4. The van der Waals surface area contributed by atoms with E-state index in [1.54, 1.807) is 0 Å². The lowest BCUT2D eigenvalue weighted by Gasteiger charge is -2.29. The Bertz CT molecular complexity index is 935. The zero-order valence-corrected chi connectivity index (χ0v) is 16.4. The van der Waals surface area contributed by atoms with E-state index >= 15 is 0 Å². The number of alkyl halides is 3. The largest absolute Gasteiger partial charge is 0.481 e. The van der Waals surface area contributed by atoms with Gasteiger partial charge in [0.2, 0.25) is 0 Å². The number of amides is 1. The maximum Gasteiger partial charge on any atom is 0.418 e. The molecular formula is C21H18F3NO4S.